The van der Waals surface area contributed by atoms with E-state index in [0.717, 1.165) is 5.56 Å². The number of sulfone groups is 1. The fourth-order valence-corrected chi connectivity index (χ4v) is 4.70. The van der Waals surface area contributed by atoms with Gasteiger partial charge in [0, 0.05) is 24.7 Å². The normalized spacial score (nSPS) is 20.8. The van der Waals surface area contributed by atoms with E-state index in [1.165, 1.54) is 6.07 Å². The van der Waals surface area contributed by atoms with Gasteiger partial charge in [0.1, 0.15) is 0 Å². The van der Waals surface area contributed by atoms with Gasteiger partial charge in [0.05, 0.1) is 16.4 Å². The van der Waals surface area contributed by atoms with E-state index in [-0.39, 0.29) is 28.0 Å². The molecule has 0 bridgehead atoms. The molecule has 0 saturated carbocycles. The van der Waals surface area contributed by atoms with Crippen LogP contribution in [-0.4, -0.2) is 43.3 Å². The van der Waals surface area contributed by atoms with E-state index in [9.17, 15) is 18.5 Å². The summed E-state index contributed by atoms with van der Waals surface area (Å²) in [5, 5.41) is 10.9. The summed E-state index contributed by atoms with van der Waals surface area (Å²) >= 11 is 0. The van der Waals surface area contributed by atoms with Crippen molar-refractivity contribution in [3.63, 3.8) is 0 Å². The highest BCUT2D eigenvalue weighted by Crippen LogP contribution is 2.23. The minimum atomic E-state index is -2.86. The molecule has 0 radical (unpaired) electrons. The van der Waals surface area contributed by atoms with Gasteiger partial charge in [-0.15, -0.1) is 0 Å². The van der Waals surface area contributed by atoms with Gasteiger partial charge in [-0.25, -0.2) is 8.42 Å². The van der Waals surface area contributed by atoms with Crippen LogP contribution in [0.1, 0.15) is 17.5 Å². The van der Waals surface area contributed by atoms with E-state index in [0.29, 0.717) is 25.1 Å². The lowest BCUT2D eigenvalue weighted by molar-refractivity contribution is -0.385. The Morgan fingerprint density at radius 2 is 2.14 bits per heavy atom. The molecule has 1 saturated heterocycles. The van der Waals surface area contributed by atoms with Gasteiger partial charge < -0.3 is 4.90 Å². The molecule has 1 aromatic carbocycles. The molecule has 6 nitrogen and oxygen atoms in total. The fraction of sp³-hybridized carbons (Fsp3) is 0.571. The van der Waals surface area contributed by atoms with Crippen molar-refractivity contribution in [2.75, 3.05) is 25.1 Å². The minimum Gasteiger partial charge on any atom is -0.302 e. The summed E-state index contributed by atoms with van der Waals surface area (Å²) < 4.78 is 22.9. The smallest absolute Gasteiger partial charge is 0.272 e. The second-order valence-electron chi connectivity index (χ2n) is 5.78. The van der Waals surface area contributed by atoms with Crippen molar-refractivity contribution in [1.29, 1.82) is 0 Å². The first kappa shape index (κ1) is 15.9. The topological polar surface area (TPSA) is 80.5 Å². The van der Waals surface area contributed by atoms with Crippen molar-refractivity contribution in [3.05, 3.63) is 39.4 Å². The highest BCUT2D eigenvalue weighted by molar-refractivity contribution is 7.91. The molecule has 1 aliphatic heterocycles. The molecule has 1 fully saturated rings. The van der Waals surface area contributed by atoms with Crippen LogP contribution in [0.3, 0.4) is 0 Å². The summed E-state index contributed by atoms with van der Waals surface area (Å²) in [6, 6.07) is 5.07. The number of benzene rings is 1. The van der Waals surface area contributed by atoms with Gasteiger partial charge in [-0.3, -0.25) is 10.1 Å². The summed E-state index contributed by atoms with van der Waals surface area (Å²) in [6.45, 7) is 3.03. The van der Waals surface area contributed by atoms with Gasteiger partial charge in [0.2, 0.25) is 0 Å². The fourth-order valence-electron chi connectivity index (χ4n) is 2.85. The molecular weight excluding hydrogens is 292 g/mol. The molecule has 21 heavy (non-hydrogen) atoms. The quantitative estimate of drug-likeness (QED) is 0.611. The van der Waals surface area contributed by atoms with Crippen LogP contribution in [0.25, 0.3) is 0 Å². The number of hydrogen-bond donors (Lipinski definition) is 0. The van der Waals surface area contributed by atoms with Crippen LogP contribution in [0, 0.1) is 23.0 Å². The Balaban J connectivity index is 2.02. The van der Waals surface area contributed by atoms with E-state index in [1.54, 1.807) is 13.0 Å². The first-order valence-electron chi connectivity index (χ1n) is 6.90. The molecular formula is C14H20N2O4S. The molecule has 0 N–H and O–H groups in total. The van der Waals surface area contributed by atoms with Gasteiger partial charge in [0.15, 0.2) is 9.84 Å². The Kier molecular flexibility index (Phi) is 4.63. The van der Waals surface area contributed by atoms with Crippen molar-refractivity contribution in [2.45, 2.75) is 19.9 Å². The number of rotatable bonds is 5. The second-order valence-corrected chi connectivity index (χ2v) is 8.01. The van der Waals surface area contributed by atoms with Crippen molar-refractivity contribution in [3.8, 4) is 0 Å². The maximum atomic E-state index is 11.5. The minimum absolute atomic E-state index is 0.129. The highest BCUT2D eigenvalue weighted by atomic mass is 32.2. The zero-order chi connectivity index (χ0) is 15.6. The number of nitro benzene ring substituents is 1. The van der Waals surface area contributed by atoms with Crippen LogP contribution < -0.4 is 0 Å². The van der Waals surface area contributed by atoms with Gasteiger partial charge >= 0.3 is 0 Å². The molecule has 116 valence electrons. The van der Waals surface area contributed by atoms with Crippen LogP contribution in [0.15, 0.2) is 18.2 Å². The number of nitro groups is 1. The standard InChI is InChI=1S/C14H20N2O4S/c1-11-13(4-3-5-14(11)16(17)18)9-15(2)8-12-6-7-21(19,20)10-12/h3-5,12H,6-10H2,1-2H3. The maximum Gasteiger partial charge on any atom is 0.272 e. The van der Waals surface area contributed by atoms with Gasteiger partial charge in [-0.05, 0) is 31.9 Å². The Morgan fingerprint density at radius 3 is 2.71 bits per heavy atom. The monoisotopic (exact) mass is 312 g/mol. The SMILES string of the molecule is Cc1c(CN(C)CC2CCS(=O)(=O)C2)cccc1[N+](=O)[O-]. The summed E-state index contributed by atoms with van der Waals surface area (Å²) in [5.41, 5.74) is 1.71. The molecule has 0 aliphatic carbocycles. The molecule has 0 spiro atoms. The van der Waals surface area contributed by atoms with Crippen molar-refractivity contribution in [2.24, 2.45) is 5.92 Å². The molecule has 1 atom stereocenters. The summed E-state index contributed by atoms with van der Waals surface area (Å²) in [6.07, 6.45) is 0.709. The third-order valence-electron chi connectivity index (χ3n) is 3.95. The molecule has 1 aliphatic rings. The van der Waals surface area contributed by atoms with E-state index >= 15 is 0 Å². The molecule has 0 aromatic heterocycles. The molecule has 1 aromatic rings. The zero-order valence-corrected chi connectivity index (χ0v) is 13.1. The van der Waals surface area contributed by atoms with Crippen LogP contribution in [0.4, 0.5) is 5.69 Å². The van der Waals surface area contributed by atoms with Crippen molar-refractivity contribution >= 4 is 15.5 Å². The predicted molar refractivity (Wildman–Crippen MR) is 80.9 cm³/mol. The van der Waals surface area contributed by atoms with E-state index in [1.807, 2.05) is 18.0 Å². The largest absolute Gasteiger partial charge is 0.302 e. The van der Waals surface area contributed by atoms with Crippen LogP contribution >= 0.6 is 0 Å². The first-order valence-corrected chi connectivity index (χ1v) is 8.72. The number of nitrogens with zero attached hydrogens (tertiary/aromatic N) is 2. The van der Waals surface area contributed by atoms with Crippen LogP contribution in [0.2, 0.25) is 0 Å². The molecule has 7 heteroatoms. The van der Waals surface area contributed by atoms with Crippen molar-refractivity contribution < 1.29 is 13.3 Å². The summed E-state index contributed by atoms with van der Waals surface area (Å²) in [5.74, 6) is 0.700. The van der Waals surface area contributed by atoms with Crippen molar-refractivity contribution in [1.82, 2.24) is 4.90 Å². The van der Waals surface area contributed by atoms with Gasteiger partial charge in [-0.1, -0.05) is 12.1 Å². The Labute approximate surface area is 124 Å². The molecule has 2 rings (SSSR count). The second kappa shape index (κ2) is 6.11. The Bertz CT molecular complexity index is 642. The third-order valence-corrected chi connectivity index (χ3v) is 5.79. The van der Waals surface area contributed by atoms with Crippen LogP contribution in [0.5, 0.6) is 0 Å². The lowest BCUT2D eigenvalue weighted by Gasteiger charge is -2.21. The van der Waals surface area contributed by atoms with Gasteiger partial charge in [-0.2, -0.15) is 0 Å². The zero-order valence-electron chi connectivity index (χ0n) is 12.3. The van der Waals surface area contributed by atoms with E-state index in [2.05, 4.69) is 0 Å². The Hall–Kier alpha value is -1.47. The molecule has 0 amide bonds. The van der Waals surface area contributed by atoms with Gasteiger partial charge in [0.25, 0.3) is 5.69 Å². The average Bonchev–Trinajstić information content (AvgIpc) is 2.70. The summed E-state index contributed by atoms with van der Waals surface area (Å²) in [4.78, 5) is 12.6. The maximum absolute atomic E-state index is 11.5. The highest BCUT2D eigenvalue weighted by Gasteiger charge is 2.28. The van der Waals surface area contributed by atoms with E-state index < -0.39 is 9.84 Å². The van der Waals surface area contributed by atoms with Crippen LogP contribution in [-0.2, 0) is 16.4 Å². The Morgan fingerprint density at radius 1 is 1.43 bits per heavy atom. The molecule has 1 heterocycles. The average molecular weight is 312 g/mol. The molecule has 1 unspecified atom stereocenters. The lowest BCUT2D eigenvalue weighted by atomic mass is 10.1. The lowest BCUT2D eigenvalue weighted by Crippen LogP contribution is -2.26. The predicted octanol–water partition coefficient (Wildman–Crippen LogP) is 1.77. The first-order chi connectivity index (χ1) is 9.78. The third kappa shape index (κ3) is 4.01. The number of hydrogen-bond acceptors (Lipinski definition) is 5. The summed E-state index contributed by atoms with van der Waals surface area (Å²) in [7, 11) is -0.936. The van der Waals surface area contributed by atoms with E-state index in [4.69, 9.17) is 0 Å².